The maximum atomic E-state index is 13.4. The molecule has 7 heteroatoms. The van der Waals surface area contributed by atoms with E-state index in [-0.39, 0.29) is 18.3 Å². The third-order valence-corrected chi connectivity index (χ3v) is 5.63. The number of fused-ring (bicyclic) bond motifs is 1. The highest BCUT2D eigenvalue weighted by atomic mass is 19.1. The van der Waals surface area contributed by atoms with Gasteiger partial charge in [0, 0.05) is 43.3 Å². The van der Waals surface area contributed by atoms with Gasteiger partial charge in [-0.1, -0.05) is 0 Å². The quantitative estimate of drug-likeness (QED) is 0.508. The number of hydrogen-bond acceptors (Lipinski definition) is 5. The number of halogens is 1. The molecule has 1 fully saturated rings. The molecule has 0 saturated heterocycles. The second-order valence-electron chi connectivity index (χ2n) is 7.83. The van der Waals surface area contributed by atoms with Crippen LogP contribution in [0.1, 0.15) is 34.7 Å². The Morgan fingerprint density at radius 1 is 1.26 bits per heavy atom. The highest BCUT2D eigenvalue weighted by Gasteiger charge is 2.30. The molecule has 4 rings (SSSR count). The number of benzene rings is 2. The summed E-state index contributed by atoms with van der Waals surface area (Å²) < 4.78 is 25.0. The number of rotatable bonds is 9. The minimum atomic E-state index is -0.343. The van der Waals surface area contributed by atoms with Crippen molar-refractivity contribution in [3.05, 3.63) is 53.3 Å². The molecule has 1 aliphatic rings. The molecule has 1 heterocycles. The molecule has 1 aliphatic carbocycles. The Kier molecular flexibility index (Phi) is 6.25. The Labute approximate surface area is 180 Å². The summed E-state index contributed by atoms with van der Waals surface area (Å²) in [6.45, 7) is 1.49. The SMILES string of the molecule is CNC(=O)c1c(-c2ccc(F)cc2)oc2cc(N(C)CCOCCO)c(C3CC3)cc12. The molecule has 3 aromatic rings. The fraction of sp³-hybridized carbons (Fsp3) is 0.375. The highest BCUT2D eigenvalue weighted by molar-refractivity contribution is 6.11. The molecule has 0 atom stereocenters. The zero-order valence-electron chi connectivity index (χ0n) is 17.8. The number of anilines is 1. The molecule has 0 radical (unpaired) electrons. The van der Waals surface area contributed by atoms with E-state index in [4.69, 9.17) is 14.3 Å². The first-order valence-corrected chi connectivity index (χ1v) is 10.5. The molecule has 164 valence electrons. The first-order chi connectivity index (χ1) is 15.0. The number of carbonyl (C=O) groups is 1. The molecular formula is C24H27FN2O4. The van der Waals surface area contributed by atoms with Crippen molar-refractivity contribution in [2.45, 2.75) is 18.8 Å². The van der Waals surface area contributed by atoms with Crippen molar-refractivity contribution < 1.29 is 23.4 Å². The Morgan fingerprint density at radius 2 is 2.00 bits per heavy atom. The number of aliphatic hydroxyl groups excluding tert-OH is 1. The summed E-state index contributed by atoms with van der Waals surface area (Å²) in [6.07, 6.45) is 2.23. The van der Waals surface area contributed by atoms with E-state index in [1.165, 1.54) is 17.7 Å². The molecular weight excluding hydrogens is 399 g/mol. The summed E-state index contributed by atoms with van der Waals surface area (Å²) in [6, 6.07) is 10.00. The number of amides is 1. The average molecular weight is 426 g/mol. The van der Waals surface area contributed by atoms with Gasteiger partial charge in [0.25, 0.3) is 5.91 Å². The van der Waals surface area contributed by atoms with Crippen LogP contribution in [0.15, 0.2) is 40.8 Å². The van der Waals surface area contributed by atoms with Crippen LogP contribution in [-0.4, -0.2) is 51.5 Å². The fourth-order valence-corrected chi connectivity index (χ4v) is 3.84. The number of carbonyl (C=O) groups excluding carboxylic acids is 1. The predicted octanol–water partition coefficient (Wildman–Crippen LogP) is 3.92. The summed E-state index contributed by atoms with van der Waals surface area (Å²) in [4.78, 5) is 14.9. The van der Waals surface area contributed by atoms with Crippen LogP contribution in [-0.2, 0) is 4.74 Å². The van der Waals surface area contributed by atoms with Gasteiger partial charge in [0.2, 0.25) is 0 Å². The number of furan rings is 1. The van der Waals surface area contributed by atoms with Crippen LogP contribution in [0.4, 0.5) is 10.1 Å². The normalized spacial score (nSPS) is 13.5. The Balaban J connectivity index is 1.80. The molecule has 1 saturated carbocycles. The third-order valence-electron chi connectivity index (χ3n) is 5.63. The van der Waals surface area contributed by atoms with Crippen LogP contribution in [0, 0.1) is 5.82 Å². The predicted molar refractivity (Wildman–Crippen MR) is 118 cm³/mol. The van der Waals surface area contributed by atoms with Gasteiger partial charge in [0.05, 0.1) is 25.4 Å². The largest absolute Gasteiger partial charge is 0.455 e. The van der Waals surface area contributed by atoms with Crippen LogP contribution in [0.25, 0.3) is 22.3 Å². The molecule has 0 spiro atoms. The third kappa shape index (κ3) is 4.43. The second-order valence-corrected chi connectivity index (χ2v) is 7.83. The van der Waals surface area contributed by atoms with Crippen molar-refractivity contribution in [1.29, 1.82) is 0 Å². The Morgan fingerprint density at radius 3 is 2.65 bits per heavy atom. The van der Waals surface area contributed by atoms with E-state index < -0.39 is 0 Å². The maximum absolute atomic E-state index is 13.4. The van der Waals surface area contributed by atoms with Crippen LogP contribution < -0.4 is 10.2 Å². The molecule has 0 aliphatic heterocycles. The smallest absolute Gasteiger partial charge is 0.255 e. The topological polar surface area (TPSA) is 74.9 Å². The zero-order valence-corrected chi connectivity index (χ0v) is 17.8. The van der Waals surface area contributed by atoms with Crippen molar-refractivity contribution in [3.63, 3.8) is 0 Å². The molecule has 2 aromatic carbocycles. The number of nitrogens with one attached hydrogen (secondary N) is 1. The highest BCUT2D eigenvalue weighted by Crippen LogP contribution is 2.47. The van der Waals surface area contributed by atoms with Crippen molar-refractivity contribution in [2.75, 3.05) is 45.4 Å². The van der Waals surface area contributed by atoms with Crippen molar-refractivity contribution in [2.24, 2.45) is 0 Å². The van der Waals surface area contributed by atoms with Crippen LogP contribution in [0.5, 0.6) is 0 Å². The van der Waals surface area contributed by atoms with E-state index in [0.717, 1.165) is 23.9 Å². The molecule has 1 amide bonds. The van der Waals surface area contributed by atoms with Crippen LogP contribution in [0.2, 0.25) is 0 Å². The van der Waals surface area contributed by atoms with Gasteiger partial charge in [-0.2, -0.15) is 0 Å². The van der Waals surface area contributed by atoms with E-state index in [1.54, 1.807) is 19.2 Å². The van der Waals surface area contributed by atoms with Gasteiger partial charge in [-0.25, -0.2) is 4.39 Å². The lowest BCUT2D eigenvalue weighted by Crippen LogP contribution is -2.24. The first kappa shape index (κ1) is 21.3. The zero-order chi connectivity index (χ0) is 22.0. The Hall–Kier alpha value is -2.90. The van der Waals surface area contributed by atoms with Gasteiger partial charge in [-0.15, -0.1) is 0 Å². The van der Waals surface area contributed by atoms with Crippen molar-refractivity contribution in [3.8, 4) is 11.3 Å². The van der Waals surface area contributed by atoms with Gasteiger partial charge >= 0.3 is 0 Å². The minimum Gasteiger partial charge on any atom is -0.455 e. The number of ether oxygens (including phenoxy) is 1. The maximum Gasteiger partial charge on any atom is 0.255 e. The first-order valence-electron chi connectivity index (χ1n) is 10.5. The molecule has 0 bridgehead atoms. The molecule has 0 unspecified atom stereocenters. The van der Waals surface area contributed by atoms with Gasteiger partial charge in [-0.05, 0) is 54.7 Å². The summed E-state index contributed by atoms with van der Waals surface area (Å²) >= 11 is 0. The number of aliphatic hydroxyl groups is 1. The minimum absolute atomic E-state index is 0.00379. The summed E-state index contributed by atoms with van der Waals surface area (Å²) in [5, 5.41) is 12.4. The average Bonchev–Trinajstić information content (AvgIpc) is 3.56. The second kappa shape index (κ2) is 9.08. The lowest BCUT2D eigenvalue weighted by molar-refractivity contribution is 0.0964. The molecule has 2 N–H and O–H groups in total. The van der Waals surface area contributed by atoms with Gasteiger partial charge in [0.1, 0.15) is 17.2 Å². The van der Waals surface area contributed by atoms with E-state index >= 15 is 0 Å². The fourth-order valence-electron chi connectivity index (χ4n) is 3.84. The van der Waals surface area contributed by atoms with Crippen LogP contribution >= 0.6 is 0 Å². The number of hydrogen-bond donors (Lipinski definition) is 2. The number of likely N-dealkylation sites (N-methyl/N-ethyl adjacent to an activating group) is 1. The lowest BCUT2D eigenvalue weighted by Gasteiger charge is -2.22. The van der Waals surface area contributed by atoms with Crippen molar-refractivity contribution in [1.82, 2.24) is 5.32 Å². The van der Waals surface area contributed by atoms with Gasteiger partial charge in [0.15, 0.2) is 0 Å². The van der Waals surface area contributed by atoms with E-state index in [9.17, 15) is 9.18 Å². The molecule has 6 nitrogen and oxygen atoms in total. The summed E-state index contributed by atoms with van der Waals surface area (Å²) in [5.74, 6) is 0.312. The Bertz CT molecular complexity index is 1070. The summed E-state index contributed by atoms with van der Waals surface area (Å²) in [5.41, 5.74) is 3.96. The van der Waals surface area contributed by atoms with Gasteiger partial charge in [-0.3, -0.25) is 4.79 Å². The number of nitrogens with zero attached hydrogens (tertiary/aromatic N) is 1. The van der Waals surface area contributed by atoms with E-state index in [0.29, 0.717) is 48.1 Å². The van der Waals surface area contributed by atoms with E-state index in [1.807, 2.05) is 13.1 Å². The summed E-state index contributed by atoms with van der Waals surface area (Å²) in [7, 11) is 3.59. The monoisotopic (exact) mass is 426 g/mol. The lowest BCUT2D eigenvalue weighted by atomic mass is 10.00. The van der Waals surface area contributed by atoms with Gasteiger partial charge < -0.3 is 24.5 Å². The molecule has 1 aromatic heterocycles. The molecule has 31 heavy (non-hydrogen) atoms. The van der Waals surface area contributed by atoms with Crippen LogP contribution in [0.3, 0.4) is 0 Å². The van der Waals surface area contributed by atoms with Crippen molar-refractivity contribution >= 4 is 22.6 Å². The van der Waals surface area contributed by atoms with E-state index in [2.05, 4.69) is 16.3 Å². The standard InChI is InChI=1S/C24H27FN2O4/c1-26-24(29)22-19-13-18(15-3-4-15)20(27(2)9-11-30-12-10-28)14-21(19)31-23(22)16-5-7-17(25)8-6-16/h5-8,13-15,28H,3-4,9-12H2,1-2H3,(H,26,29).